The summed E-state index contributed by atoms with van der Waals surface area (Å²) in [4.78, 5) is 48.4. The average molecular weight is 800 g/mol. The monoisotopic (exact) mass is 796 g/mol. The fraction of sp³-hybridized carbons (Fsp3) is 0.875. The van der Waals surface area contributed by atoms with Crippen LogP contribution in [0.15, 0.2) is 0 Å². The Balaban J connectivity index is 0.000000264. The van der Waals surface area contributed by atoms with Gasteiger partial charge in [-0.15, -0.1) is 0 Å². The van der Waals surface area contributed by atoms with Crippen LogP contribution in [-0.4, -0.2) is 74.2 Å². The number of alkyl halides is 2. The molecule has 3 amide bonds. The highest BCUT2D eigenvalue weighted by atomic mass is 79.9. The summed E-state index contributed by atoms with van der Waals surface area (Å²) in [6.45, 7) is 13.8. The summed E-state index contributed by atoms with van der Waals surface area (Å²) in [6, 6.07) is -0.262. The fourth-order valence-electron chi connectivity index (χ4n) is 6.88. The van der Waals surface area contributed by atoms with Gasteiger partial charge in [0.2, 0.25) is 22.4 Å². The normalized spacial score (nSPS) is 28.8. The van der Waals surface area contributed by atoms with Gasteiger partial charge in [0.1, 0.15) is 6.04 Å². The van der Waals surface area contributed by atoms with Crippen molar-refractivity contribution in [1.82, 2.24) is 20.9 Å². The van der Waals surface area contributed by atoms with E-state index in [4.69, 9.17) is 0 Å². The Morgan fingerprint density at radius 2 is 1.19 bits per heavy atom. The molecule has 4 aliphatic rings. The Morgan fingerprint density at radius 1 is 0.721 bits per heavy atom. The third-order valence-corrected chi connectivity index (χ3v) is 10.8. The van der Waals surface area contributed by atoms with Crippen molar-refractivity contribution in [3.8, 4) is 0 Å². The van der Waals surface area contributed by atoms with Crippen LogP contribution < -0.4 is 16.0 Å². The zero-order chi connectivity index (χ0) is 32.4. The SMILES string of the molecule is CC(C)(C)NC(=O)C1CC2CCCCC2CN1.CC(C)(C)NC(=O)C1CC2CCCCC2CN1C(=O)CBr.O=C(Br)CBr. The van der Waals surface area contributed by atoms with E-state index in [1.807, 2.05) is 46.4 Å². The quantitative estimate of drug-likeness (QED) is 0.237. The lowest BCUT2D eigenvalue weighted by Crippen LogP contribution is -2.59. The number of hydrogen-bond acceptors (Lipinski definition) is 5. The van der Waals surface area contributed by atoms with Crippen LogP contribution in [-0.2, 0) is 19.2 Å². The molecule has 43 heavy (non-hydrogen) atoms. The summed E-state index contributed by atoms with van der Waals surface area (Å²) < 4.78 is -0.0162. The van der Waals surface area contributed by atoms with Gasteiger partial charge in [0, 0.05) is 17.6 Å². The maximum atomic E-state index is 12.6. The van der Waals surface area contributed by atoms with E-state index in [1.165, 1.54) is 51.4 Å². The van der Waals surface area contributed by atoms with E-state index < -0.39 is 0 Å². The van der Waals surface area contributed by atoms with Crippen molar-refractivity contribution in [3.63, 3.8) is 0 Å². The van der Waals surface area contributed by atoms with Crippen molar-refractivity contribution in [3.05, 3.63) is 0 Å². The van der Waals surface area contributed by atoms with Crippen LogP contribution in [0.3, 0.4) is 0 Å². The minimum Gasteiger partial charge on any atom is -0.350 e. The Labute approximate surface area is 285 Å². The van der Waals surface area contributed by atoms with E-state index in [9.17, 15) is 19.2 Å². The van der Waals surface area contributed by atoms with Gasteiger partial charge >= 0.3 is 0 Å². The van der Waals surface area contributed by atoms with Crippen LogP contribution in [0.5, 0.6) is 0 Å². The number of hydrogen-bond donors (Lipinski definition) is 3. The summed E-state index contributed by atoms with van der Waals surface area (Å²) in [5, 5.41) is 10.2. The number of nitrogens with one attached hydrogen (secondary N) is 3. The molecule has 6 unspecified atom stereocenters. The predicted molar refractivity (Wildman–Crippen MR) is 185 cm³/mol. The summed E-state index contributed by atoms with van der Waals surface area (Å²) in [7, 11) is 0. The number of piperidine rings is 2. The molecule has 0 spiro atoms. The first kappa shape index (κ1) is 38.7. The fourth-order valence-corrected chi connectivity index (χ4v) is 7.20. The van der Waals surface area contributed by atoms with Crippen LogP contribution in [0, 0.1) is 23.7 Å². The van der Waals surface area contributed by atoms with Gasteiger partial charge in [0.15, 0.2) is 0 Å². The highest BCUT2D eigenvalue weighted by molar-refractivity contribution is 9.19. The summed E-state index contributed by atoms with van der Waals surface area (Å²) in [6.07, 6.45) is 12.2. The predicted octanol–water partition coefficient (Wildman–Crippen LogP) is 6.08. The number of fused-ring (bicyclic) bond motifs is 2. The lowest BCUT2D eigenvalue weighted by atomic mass is 9.72. The van der Waals surface area contributed by atoms with Crippen molar-refractivity contribution in [2.75, 3.05) is 23.7 Å². The molecule has 0 aromatic rings. The third-order valence-electron chi connectivity index (χ3n) is 8.79. The molecule has 4 rings (SSSR count). The van der Waals surface area contributed by atoms with Crippen molar-refractivity contribution in [2.45, 2.75) is 129 Å². The maximum absolute atomic E-state index is 12.6. The molecule has 4 fully saturated rings. The zero-order valence-electron chi connectivity index (χ0n) is 27.1. The van der Waals surface area contributed by atoms with Gasteiger partial charge in [-0.3, -0.25) is 19.2 Å². The summed E-state index contributed by atoms with van der Waals surface area (Å²) in [5.74, 6) is 3.01. The van der Waals surface area contributed by atoms with Crippen LogP contribution >= 0.6 is 47.8 Å². The molecule has 2 aliphatic carbocycles. The van der Waals surface area contributed by atoms with E-state index in [0.717, 1.165) is 37.8 Å². The molecule has 2 heterocycles. The minimum absolute atomic E-state index is 0.000762. The van der Waals surface area contributed by atoms with Gasteiger partial charge in [-0.1, -0.05) is 70.4 Å². The average Bonchev–Trinajstić information content (AvgIpc) is 2.94. The van der Waals surface area contributed by atoms with E-state index in [0.29, 0.717) is 22.5 Å². The number of carbonyl (C=O) groups excluding carboxylic acids is 4. The Hall–Kier alpha value is -0.520. The van der Waals surface area contributed by atoms with Gasteiger partial charge in [-0.25, -0.2) is 0 Å². The largest absolute Gasteiger partial charge is 0.350 e. The first-order chi connectivity index (χ1) is 20.0. The molecule has 0 radical (unpaired) electrons. The van der Waals surface area contributed by atoms with Crippen LogP contribution in [0.2, 0.25) is 0 Å². The van der Waals surface area contributed by atoms with Gasteiger partial charge in [-0.2, -0.15) is 0 Å². The molecule has 2 aliphatic heterocycles. The van der Waals surface area contributed by atoms with Crippen molar-refractivity contribution < 1.29 is 19.2 Å². The van der Waals surface area contributed by atoms with Crippen LogP contribution in [0.1, 0.15) is 106 Å². The second kappa shape index (κ2) is 18.0. The van der Waals surface area contributed by atoms with E-state index in [1.54, 1.807) is 0 Å². The molecule has 248 valence electrons. The number of carbonyl (C=O) groups is 4. The molecule has 2 saturated carbocycles. The third kappa shape index (κ3) is 13.8. The van der Waals surface area contributed by atoms with Crippen molar-refractivity contribution in [2.24, 2.45) is 23.7 Å². The molecular formula is C32H55Br3N4O4. The molecule has 11 heteroatoms. The van der Waals surface area contributed by atoms with Gasteiger partial charge in [0.05, 0.1) is 16.7 Å². The molecule has 2 saturated heterocycles. The number of nitrogens with zero attached hydrogens (tertiary/aromatic N) is 1. The summed E-state index contributed by atoms with van der Waals surface area (Å²) >= 11 is 8.86. The topological polar surface area (TPSA) is 108 Å². The zero-order valence-corrected chi connectivity index (χ0v) is 31.8. The highest BCUT2D eigenvalue weighted by Gasteiger charge is 2.42. The molecule has 0 aromatic heterocycles. The van der Waals surface area contributed by atoms with Crippen LogP contribution in [0.4, 0.5) is 0 Å². The van der Waals surface area contributed by atoms with Crippen molar-refractivity contribution in [1.29, 1.82) is 0 Å². The van der Waals surface area contributed by atoms with E-state index in [-0.39, 0.29) is 45.6 Å². The van der Waals surface area contributed by atoms with Gasteiger partial charge < -0.3 is 20.9 Å². The van der Waals surface area contributed by atoms with E-state index >= 15 is 0 Å². The first-order valence-corrected chi connectivity index (χ1v) is 19.0. The first-order valence-electron chi connectivity index (χ1n) is 16.0. The lowest BCUT2D eigenvalue weighted by molar-refractivity contribution is -0.144. The number of amides is 3. The minimum atomic E-state index is -0.298. The molecule has 3 N–H and O–H groups in total. The standard InChI is InChI=1S/C16H27BrN2O2.C14H26N2O.C2H2Br2O/c1-16(2,3)18-15(21)13-8-11-6-4-5-7-12(11)10-19(13)14(20)9-17;1-14(2,3)16-13(17)12-8-10-6-4-5-7-11(10)9-15-12;3-1-2(4)5/h11-13H,4-10H2,1-3H3,(H,18,21);10-12,15H,4-9H2,1-3H3,(H,16,17);1H2. The smallest absolute Gasteiger partial charge is 0.243 e. The lowest BCUT2D eigenvalue weighted by Gasteiger charge is -2.46. The van der Waals surface area contributed by atoms with Gasteiger partial charge in [0.25, 0.3) is 0 Å². The maximum Gasteiger partial charge on any atom is 0.243 e. The number of likely N-dealkylation sites (tertiary alicyclic amines) is 1. The Kier molecular flexibility index (Phi) is 16.2. The Bertz CT molecular complexity index is 937. The molecular weight excluding hydrogens is 744 g/mol. The summed E-state index contributed by atoms with van der Waals surface area (Å²) in [5.41, 5.74) is -0.383. The Morgan fingerprint density at radius 3 is 1.67 bits per heavy atom. The van der Waals surface area contributed by atoms with Crippen molar-refractivity contribution >= 4 is 70.2 Å². The second-order valence-corrected chi connectivity index (χ2v) is 16.7. The van der Waals surface area contributed by atoms with Crippen LogP contribution in [0.25, 0.3) is 0 Å². The van der Waals surface area contributed by atoms with E-state index in [2.05, 4.69) is 63.7 Å². The molecule has 0 bridgehead atoms. The molecule has 8 nitrogen and oxygen atoms in total. The number of rotatable bonds is 4. The molecule has 6 atom stereocenters. The van der Waals surface area contributed by atoms with Gasteiger partial charge in [-0.05, 0) is 113 Å². The second-order valence-electron chi connectivity index (χ2n) is 14.7. The number of halogens is 3. The molecule has 0 aromatic carbocycles. The highest BCUT2D eigenvalue weighted by Crippen LogP contribution is 2.39.